The van der Waals surface area contributed by atoms with Crippen molar-refractivity contribution in [2.24, 2.45) is 0 Å². The minimum atomic E-state index is -0.460. The first kappa shape index (κ1) is 11.2. The van der Waals surface area contributed by atoms with Crippen LogP contribution in [0.1, 0.15) is 0 Å². The summed E-state index contributed by atoms with van der Waals surface area (Å²) in [5, 5.41) is 16.0. The lowest BCUT2D eigenvalue weighted by Gasteiger charge is -2.11. The van der Waals surface area contributed by atoms with Crippen LogP contribution < -0.4 is 5.06 Å². The van der Waals surface area contributed by atoms with E-state index in [4.69, 9.17) is 22.2 Å². The first-order valence-corrected chi connectivity index (χ1v) is 3.22. The number of hydroxylamine groups is 1. The maximum Gasteiger partial charge on any atom is 0.220 e. The van der Waals surface area contributed by atoms with E-state index in [1.54, 1.807) is 18.3 Å². The van der Waals surface area contributed by atoms with Crippen LogP contribution >= 0.6 is 24.0 Å². The molecule has 0 fully saturated rings. The zero-order chi connectivity index (χ0) is 8.27. The predicted octanol–water partition coefficient (Wildman–Crippen LogP) is 1.87. The van der Waals surface area contributed by atoms with Gasteiger partial charge in [0.2, 0.25) is 5.29 Å². The van der Waals surface area contributed by atoms with Crippen molar-refractivity contribution in [2.75, 3.05) is 5.06 Å². The minimum Gasteiger partial charge on any atom is -0.281 e. The number of aromatic nitrogens is 1. The Morgan fingerprint density at radius 1 is 1.67 bits per heavy atom. The smallest absolute Gasteiger partial charge is 0.220 e. The van der Waals surface area contributed by atoms with Gasteiger partial charge in [0, 0.05) is 6.20 Å². The molecule has 0 saturated carbocycles. The first-order chi connectivity index (χ1) is 5.22. The maximum absolute atomic E-state index is 9.03. The zero-order valence-corrected chi connectivity index (χ0v) is 7.51. The first-order valence-electron chi connectivity index (χ1n) is 2.85. The molecule has 0 amide bonds. The van der Waals surface area contributed by atoms with Crippen molar-refractivity contribution in [3.63, 3.8) is 0 Å². The summed E-state index contributed by atoms with van der Waals surface area (Å²) < 4.78 is 0. The van der Waals surface area contributed by atoms with E-state index in [2.05, 4.69) is 4.98 Å². The number of rotatable bonds is 1. The molecule has 0 aliphatic carbocycles. The quantitative estimate of drug-likeness (QED) is 0.320. The van der Waals surface area contributed by atoms with E-state index in [1.165, 1.54) is 6.20 Å². The average molecular weight is 208 g/mol. The molecule has 0 radical (unpaired) electrons. The fourth-order valence-electron chi connectivity index (χ4n) is 0.592. The number of hydrogen-bond acceptors (Lipinski definition) is 3. The van der Waals surface area contributed by atoms with Crippen LogP contribution in [0.2, 0.25) is 0 Å². The monoisotopic (exact) mass is 207 g/mol. The van der Waals surface area contributed by atoms with Crippen molar-refractivity contribution in [3.05, 3.63) is 24.5 Å². The Hall–Kier alpha value is -0.840. The summed E-state index contributed by atoms with van der Waals surface area (Å²) in [4.78, 5) is 3.73. The van der Waals surface area contributed by atoms with Gasteiger partial charge in [0.05, 0.1) is 11.9 Å². The summed E-state index contributed by atoms with van der Waals surface area (Å²) in [5.74, 6) is 0. The van der Waals surface area contributed by atoms with E-state index < -0.39 is 5.29 Å². The highest BCUT2D eigenvalue weighted by Crippen LogP contribution is 2.09. The molecule has 4 nitrogen and oxygen atoms in total. The highest BCUT2D eigenvalue weighted by atomic mass is 35.5. The normalized spacial score (nSPS) is 8.50. The summed E-state index contributed by atoms with van der Waals surface area (Å²) in [6, 6.07) is 3.22. The summed E-state index contributed by atoms with van der Waals surface area (Å²) in [5.41, 5.74) is 0.368. The van der Waals surface area contributed by atoms with Crippen LogP contribution in [0.15, 0.2) is 24.5 Å². The van der Waals surface area contributed by atoms with E-state index in [-0.39, 0.29) is 12.4 Å². The van der Waals surface area contributed by atoms with Gasteiger partial charge in [0.25, 0.3) is 0 Å². The lowest BCUT2D eigenvalue weighted by Crippen LogP contribution is -2.21. The van der Waals surface area contributed by atoms with Crippen LogP contribution in [0.3, 0.4) is 0 Å². The van der Waals surface area contributed by atoms with Crippen molar-refractivity contribution < 1.29 is 5.21 Å². The third-order valence-electron chi connectivity index (χ3n) is 1.08. The van der Waals surface area contributed by atoms with Gasteiger partial charge in [-0.15, -0.1) is 12.4 Å². The van der Waals surface area contributed by atoms with Crippen LogP contribution in [-0.2, 0) is 0 Å². The average Bonchev–Trinajstić information content (AvgIpc) is 2.05. The SMILES string of the molecule is Cl.N=C(Cl)N(O)c1cccnc1. The molecular weight excluding hydrogens is 201 g/mol. The molecule has 1 aromatic heterocycles. The van der Waals surface area contributed by atoms with Gasteiger partial charge in [-0.2, -0.15) is 5.06 Å². The maximum atomic E-state index is 9.03. The van der Waals surface area contributed by atoms with Gasteiger partial charge < -0.3 is 0 Å². The van der Waals surface area contributed by atoms with Crippen molar-refractivity contribution in [1.29, 1.82) is 5.41 Å². The molecule has 6 heteroatoms. The summed E-state index contributed by atoms with van der Waals surface area (Å²) in [6.07, 6.45) is 2.96. The molecule has 0 aliphatic rings. The fourth-order valence-corrected chi connectivity index (χ4v) is 0.690. The molecule has 0 aromatic carbocycles. The predicted molar refractivity (Wildman–Crippen MR) is 49.3 cm³/mol. The number of nitrogens with zero attached hydrogens (tertiary/aromatic N) is 2. The molecule has 66 valence electrons. The molecule has 0 spiro atoms. The third kappa shape index (κ3) is 2.65. The van der Waals surface area contributed by atoms with Gasteiger partial charge in [-0.25, -0.2) is 0 Å². The second kappa shape index (κ2) is 4.92. The molecule has 0 unspecified atom stereocenters. The third-order valence-corrected chi connectivity index (χ3v) is 1.24. The van der Waals surface area contributed by atoms with Crippen LogP contribution in [0.25, 0.3) is 0 Å². The van der Waals surface area contributed by atoms with E-state index in [1.807, 2.05) is 0 Å². The summed E-state index contributed by atoms with van der Waals surface area (Å²) in [6.45, 7) is 0. The Morgan fingerprint density at radius 2 is 2.33 bits per heavy atom. The molecule has 0 bridgehead atoms. The van der Waals surface area contributed by atoms with Gasteiger partial charge in [-0.05, 0) is 23.7 Å². The summed E-state index contributed by atoms with van der Waals surface area (Å²) in [7, 11) is 0. The second-order valence-electron chi connectivity index (χ2n) is 1.81. The minimum absolute atomic E-state index is 0. The van der Waals surface area contributed by atoms with Crippen LogP contribution in [0.5, 0.6) is 0 Å². The number of amidine groups is 1. The molecule has 0 aliphatic heterocycles. The van der Waals surface area contributed by atoms with E-state index >= 15 is 0 Å². The topological polar surface area (TPSA) is 60.2 Å². The molecule has 0 atom stereocenters. The molecular formula is C6H7Cl2N3O. The van der Waals surface area contributed by atoms with Gasteiger partial charge in [-0.1, -0.05) is 0 Å². The summed E-state index contributed by atoms with van der Waals surface area (Å²) >= 11 is 5.19. The number of nitrogens with one attached hydrogen (secondary N) is 1. The standard InChI is InChI=1S/C6H6ClN3O.ClH/c7-6(8)10(11)5-2-1-3-9-4-5;/h1-4,8,11H;1H. The lowest BCUT2D eigenvalue weighted by molar-refractivity contribution is 0.314. The largest absolute Gasteiger partial charge is 0.281 e. The van der Waals surface area contributed by atoms with Crippen molar-refractivity contribution in [1.82, 2.24) is 4.98 Å². The number of pyridine rings is 1. The zero-order valence-electron chi connectivity index (χ0n) is 5.94. The molecule has 0 saturated heterocycles. The lowest BCUT2D eigenvalue weighted by atomic mass is 10.4. The second-order valence-corrected chi connectivity index (χ2v) is 2.17. The van der Waals surface area contributed by atoms with Gasteiger partial charge >= 0.3 is 0 Å². The Balaban J connectivity index is 0.00000121. The van der Waals surface area contributed by atoms with Gasteiger partial charge in [-0.3, -0.25) is 15.6 Å². The number of halogens is 2. The van der Waals surface area contributed by atoms with Crippen LogP contribution in [-0.4, -0.2) is 15.5 Å². The van der Waals surface area contributed by atoms with Gasteiger partial charge in [0.1, 0.15) is 0 Å². The van der Waals surface area contributed by atoms with Crippen molar-refractivity contribution in [3.8, 4) is 0 Å². The Bertz CT molecular complexity index is 254. The molecule has 1 heterocycles. The molecule has 12 heavy (non-hydrogen) atoms. The van der Waals surface area contributed by atoms with E-state index in [9.17, 15) is 0 Å². The molecule has 1 rings (SSSR count). The Morgan fingerprint density at radius 3 is 2.75 bits per heavy atom. The molecule has 1 aromatic rings. The number of anilines is 1. The Kier molecular flexibility index (Phi) is 4.58. The van der Waals surface area contributed by atoms with Crippen molar-refractivity contribution in [2.45, 2.75) is 0 Å². The van der Waals surface area contributed by atoms with E-state index in [0.717, 1.165) is 0 Å². The number of hydrogen-bond donors (Lipinski definition) is 2. The highest BCUT2D eigenvalue weighted by molar-refractivity contribution is 6.66. The van der Waals surface area contributed by atoms with Crippen LogP contribution in [0, 0.1) is 5.41 Å². The Labute approximate surface area is 80.7 Å². The van der Waals surface area contributed by atoms with Crippen LogP contribution in [0.4, 0.5) is 5.69 Å². The van der Waals surface area contributed by atoms with Gasteiger partial charge in [0.15, 0.2) is 0 Å². The van der Waals surface area contributed by atoms with Crippen molar-refractivity contribution >= 4 is 35.0 Å². The highest BCUT2D eigenvalue weighted by Gasteiger charge is 2.04. The van der Waals surface area contributed by atoms with E-state index in [0.29, 0.717) is 10.8 Å². The fraction of sp³-hybridized carbons (Fsp3) is 0. The molecule has 2 N–H and O–H groups in total.